The number of aliphatic carboxylic acids is 1. The smallest absolute Gasteiger partial charge is 0.314 e. The highest BCUT2D eigenvalue weighted by Gasteiger charge is 2.41. The molecule has 0 aromatic carbocycles. The van der Waals surface area contributed by atoms with Crippen molar-refractivity contribution in [2.75, 3.05) is 25.4 Å². The van der Waals surface area contributed by atoms with Crippen molar-refractivity contribution in [3.8, 4) is 0 Å². The van der Waals surface area contributed by atoms with Gasteiger partial charge in [0.1, 0.15) is 0 Å². The Bertz CT molecular complexity index is 471. The van der Waals surface area contributed by atoms with Crippen molar-refractivity contribution in [3.05, 3.63) is 0 Å². The van der Waals surface area contributed by atoms with Crippen LogP contribution < -0.4 is 15.4 Å². The van der Waals surface area contributed by atoms with Gasteiger partial charge in [-0.3, -0.25) is 4.79 Å². The van der Waals surface area contributed by atoms with Crippen LogP contribution in [-0.2, 0) is 14.8 Å². The highest BCUT2D eigenvalue weighted by molar-refractivity contribution is 7.89. The summed E-state index contributed by atoms with van der Waals surface area (Å²) in [6.45, 7) is 2.01. The van der Waals surface area contributed by atoms with Crippen LogP contribution in [0.5, 0.6) is 0 Å². The van der Waals surface area contributed by atoms with E-state index in [9.17, 15) is 23.1 Å². The van der Waals surface area contributed by atoms with Crippen LogP contribution in [0.25, 0.3) is 0 Å². The highest BCUT2D eigenvalue weighted by atomic mass is 32.2. The lowest BCUT2D eigenvalue weighted by atomic mass is 9.86. The van der Waals surface area contributed by atoms with Gasteiger partial charge in [-0.15, -0.1) is 0 Å². The summed E-state index contributed by atoms with van der Waals surface area (Å²) in [5.41, 5.74) is -0.882. The van der Waals surface area contributed by atoms with Crippen LogP contribution in [-0.4, -0.2) is 50.9 Å². The molecule has 0 spiro atoms. The van der Waals surface area contributed by atoms with Gasteiger partial charge in [0.2, 0.25) is 10.0 Å². The molecule has 0 aromatic heterocycles. The average molecular weight is 321 g/mol. The van der Waals surface area contributed by atoms with Gasteiger partial charge in [0.15, 0.2) is 0 Å². The van der Waals surface area contributed by atoms with Crippen LogP contribution >= 0.6 is 0 Å². The quantitative estimate of drug-likeness (QED) is 0.496. The van der Waals surface area contributed by atoms with Gasteiger partial charge < -0.3 is 15.7 Å². The number of amides is 2. The van der Waals surface area contributed by atoms with Gasteiger partial charge >= 0.3 is 12.0 Å². The molecule has 0 aromatic rings. The van der Waals surface area contributed by atoms with Crippen LogP contribution in [0, 0.1) is 5.41 Å². The number of hydrogen-bond acceptors (Lipinski definition) is 4. The van der Waals surface area contributed by atoms with Gasteiger partial charge in [-0.2, -0.15) is 0 Å². The third kappa shape index (κ3) is 5.50. The zero-order valence-corrected chi connectivity index (χ0v) is 13.0. The van der Waals surface area contributed by atoms with Gasteiger partial charge in [-0.25, -0.2) is 17.9 Å². The maximum absolute atomic E-state index is 11.6. The summed E-state index contributed by atoms with van der Waals surface area (Å²) in [5.74, 6) is -1.10. The molecular weight excluding hydrogens is 298 g/mol. The van der Waals surface area contributed by atoms with Gasteiger partial charge in [-0.05, 0) is 12.8 Å². The monoisotopic (exact) mass is 321 g/mol. The molecule has 1 fully saturated rings. The first-order valence-electron chi connectivity index (χ1n) is 7.04. The predicted molar refractivity (Wildman–Crippen MR) is 77.4 cm³/mol. The maximum Gasteiger partial charge on any atom is 0.314 e. The molecule has 1 aliphatic rings. The first-order valence-corrected chi connectivity index (χ1v) is 8.69. The molecule has 21 heavy (non-hydrogen) atoms. The Morgan fingerprint density at radius 1 is 1.19 bits per heavy atom. The van der Waals surface area contributed by atoms with Crippen molar-refractivity contribution in [3.63, 3.8) is 0 Å². The summed E-state index contributed by atoms with van der Waals surface area (Å²) in [6.07, 6.45) is 2.79. The van der Waals surface area contributed by atoms with Crippen molar-refractivity contribution >= 4 is 22.0 Å². The molecule has 2 amide bonds. The second-order valence-electron chi connectivity index (χ2n) is 5.22. The van der Waals surface area contributed by atoms with E-state index in [1.807, 2.05) is 0 Å². The van der Waals surface area contributed by atoms with E-state index in [4.69, 9.17) is 0 Å². The summed E-state index contributed by atoms with van der Waals surface area (Å²) >= 11 is 0. The number of nitrogens with one attached hydrogen (secondary N) is 3. The number of urea groups is 1. The standard InChI is InChI=1S/C12H23N3O5S/c1-2-15-21(19,20)8-7-13-11(18)14-9-12(10(16)17)5-3-4-6-12/h15H,2-9H2,1H3,(H,16,17)(H2,13,14,18). The normalized spacial score (nSPS) is 17.4. The van der Waals surface area contributed by atoms with Gasteiger partial charge in [0.25, 0.3) is 0 Å². The molecule has 8 nitrogen and oxygen atoms in total. The number of carbonyl (C=O) groups is 2. The average Bonchev–Trinajstić information content (AvgIpc) is 2.86. The Morgan fingerprint density at radius 3 is 2.33 bits per heavy atom. The Morgan fingerprint density at radius 2 is 1.81 bits per heavy atom. The fourth-order valence-electron chi connectivity index (χ4n) is 2.42. The molecule has 0 radical (unpaired) electrons. The second-order valence-corrected chi connectivity index (χ2v) is 7.15. The van der Waals surface area contributed by atoms with Gasteiger partial charge in [0, 0.05) is 19.6 Å². The third-order valence-corrected chi connectivity index (χ3v) is 5.09. The van der Waals surface area contributed by atoms with E-state index in [0.29, 0.717) is 19.4 Å². The molecule has 4 N–H and O–H groups in total. The Kier molecular flexibility index (Phi) is 6.41. The Labute approximate surface area is 124 Å². The lowest BCUT2D eigenvalue weighted by Crippen LogP contribution is -2.46. The van der Waals surface area contributed by atoms with Crippen molar-refractivity contribution < 1.29 is 23.1 Å². The minimum atomic E-state index is -3.37. The first-order chi connectivity index (χ1) is 9.81. The Balaban J connectivity index is 2.33. The number of carbonyl (C=O) groups excluding carboxylic acids is 1. The molecule has 0 saturated heterocycles. The van der Waals surface area contributed by atoms with Crippen LogP contribution in [0.4, 0.5) is 4.79 Å². The van der Waals surface area contributed by atoms with Crippen molar-refractivity contribution in [1.82, 2.24) is 15.4 Å². The summed E-state index contributed by atoms with van der Waals surface area (Å²) in [6, 6.07) is -0.547. The largest absolute Gasteiger partial charge is 0.481 e. The second kappa shape index (κ2) is 7.60. The molecule has 0 atom stereocenters. The van der Waals surface area contributed by atoms with Crippen molar-refractivity contribution in [1.29, 1.82) is 0 Å². The van der Waals surface area contributed by atoms with E-state index in [1.54, 1.807) is 6.92 Å². The zero-order valence-electron chi connectivity index (χ0n) is 12.1. The number of carboxylic acids is 1. The van der Waals surface area contributed by atoms with Crippen LogP contribution in [0.2, 0.25) is 0 Å². The highest BCUT2D eigenvalue weighted by Crippen LogP contribution is 2.37. The SMILES string of the molecule is CCNS(=O)(=O)CCNC(=O)NCC1(C(=O)O)CCCC1. The van der Waals surface area contributed by atoms with Gasteiger partial charge in [0.05, 0.1) is 11.2 Å². The molecule has 1 rings (SSSR count). The fraction of sp³-hybridized carbons (Fsp3) is 0.833. The molecule has 122 valence electrons. The minimum absolute atomic E-state index is 0.0265. The number of rotatable bonds is 8. The summed E-state index contributed by atoms with van der Waals surface area (Å²) < 4.78 is 25.0. The van der Waals surface area contributed by atoms with Gasteiger partial charge in [-0.1, -0.05) is 19.8 Å². The fourth-order valence-corrected chi connectivity index (χ4v) is 3.38. The summed E-state index contributed by atoms with van der Waals surface area (Å²) in [5, 5.41) is 14.2. The molecule has 0 aliphatic heterocycles. The lowest BCUT2D eigenvalue weighted by molar-refractivity contribution is -0.148. The Hall–Kier alpha value is -1.35. The van der Waals surface area contributed by atoms with Crippen molar-refractivity contribution in [2.24, 2.45) is 5.41 Å². The number of hydrogen-bond donors (Lipinski definition) is 4. The third-order valence-electron chi connectivity index (χ3n) is 3.62. The van der Waals surface area contributed by atoms with E-state index < -0.39 is 27.4 Å². The van der Waals surface area contributed by atoms with E-state index in [-0.39, 0.29) is 18.8 Å². The minimum Gasteiger partial charge on any atom is -0.481 e. The molecule has 1 aliphatic carbocycles. The molecule has 1 saturated carbocycles. The predicted octanol–water partition coefficient (Wildman–Crippen LogP) is -0.130. The summed E-state index contributed by atoms with van der Waals surface area (Å²) in [7, 11) is -3.37. The molecule has 9 heteroatoms. The molecule has 0 bridgehead atoms. The van der Waals surface area contributed by atoms with Crippen LogP contribution in [0.1, 0.15) is 32.6 Å². The van der Waals surface area contributed by atoms with E-state index in [2.05, 4.69) is 15.4 Å². The van der Waals surface area contributed by atoms with Crippen LogP contribution in [0.15, 0.2) is 0 Å². The van der Waals surface area contributed by atoms with Crippen molar-refractivity contribution in [2.45, 2.75) is 32.6 Å². The molecule has 0 unspecified atom stereocenters. The zero-order chi connectivity index (χ0) is 15.9. The number of carboxylic acid groups (broad SMARTS) is 1. The van der Waals surface area contributed by atoms with E-state index >= 15 is 0 Å². The summed E-state index contributed by atoms with van der Waals surface area (Å²) in [4.78, 5) is 22.9. The molecular formula is C12H23N3O5S. The lowest BCUT2D eigenvalue weighted by Gasteiger charge is -2.24. The topological polar surface area (TPSA) is 125 Å². The molecule has 0 heterocycles. The van der Waals surface area contributed by atoms with E-state index in [1.165, 1.54) is 0 Å². The first kappa shape index (κ1) is 17.7. The van der Waals surface area contributed by atoms with Crippen LogP contribution in [0.3, 0.4) is 0 Å². The number of sulfonamides is 1. The maximum atomic E-state index is 11.6. The van der Waals surface area contributed by atoms with E-state index in [0.717, 1.165) is 12.8 Å².